The number of rotatable bonds is 15. The van der Waals surface area contributed by atoms with Gasteiger partial charge >= 0.3 is 12.1 Å². The van der Waals surface area contributed by atoms with Gasteiger partial charge in [0.15, 0.2) is 5.65 Å². The van der Waals surface area contributed by atoms with Crippen molar-refractivity contribution in [2.24, 2.45) is 0 Å². The van der Waals surface area contributed by atoms with E-state index < -0.39 is 29.6 Å². The third-order valence-corrected chi connectivity index (χ3v) is 9.11. The zero-order valence-corrected chi connectivity index (χ0v) is 34.0. The van der Waals surface area contributed by atoms with E-state index in [1.165, 1.54) is 6.07 Å². The summed E-state index contributed by atoms with van der Waals surface area (Å²) in [6.45, 7) is 10.1. The Hall–Kier alpha value is -6.02. The molecule has 0 aliphatic heterocycles. The van der Waals surface area contributed by atoms with Crippen molar-refractivity contribution in [1.29, 1.82) is 0 Å². The van der Waals surface area contributed by atoms with Crippen molar-refractivity contribution in [2.75, 3.05) is 23.4 Å². The summed E-state index contributed by atoms with van der Waals surface area (Å²) < 4.78 is 33.8. The molecule has 0 bridgehead atoms. The number of hydrogen-bond donors (Lipinski definition) is 2. The molecule has 0 spiro atoms. The highest BCUT2D eigenvalue weighted by molar-refractivity contribution is 9.10. The summed E-state index contributed by atoms with van der Waals surface area (Å²) in [5, 5.41) is 11.0. The lowest BCUT2D eigenvalue weighted by molar-refractivity contribution is 0.0500. The van der Waals surface area contributed by atoms with Crippen molar-refractivity contribution in [3.8, 4) is 17.0 Å². The van der Waals surface area contributed by atoms with E-state index in [-0.39, 0.29) is 41.4 Å². The Balaban J connectivity index is 1.48. The number of pyridine rings is 1. The van der Waals surface area contributed by atoms with Gasteiger partial charge in [0.05, 0.1) is 24.9 Å². The molecule has 0 saturated carbocycles. The molecule has 1 amide bonds. The normalized spacial score (nSPS) is 11.8. The molecule has 0 saturated heterocycles. The van der Waals surface area contributed by atoms with Gasteiger partial charge in [0, 0.05) is 25.2 Å². The molecule has 6 rings (SSSR count). The molecule has 6 aromatic rings. The van der Waals surface area contributed by atoms with Crippen LogP contribution >= 0.6 is 15.9 Å². The molecule has 1 unspecified atom stereocenters. The van der Waals surface area contributed by atoms with E-state index in [4.69, 9.17) is 24.3 Å². The molecule has 3 heterocycles. The monoisotopic (exact) mass is 837 g/mol. The summed E-state index contributed by atoms with van der Waals surface area (Å²) in [6.07, 6.45) is -0.0543. The number of hydrogen-bond acceptors (Lipinski definition) is 10. The number of fused-ring (bicyclic) bond motifs is 1. The van der Waals surface area contributed by atoms with Crippen LogP contribution in [0.1, 0.15) is 61.7 Å². The molecule has 3 aromatic carbocycles. The first-order valence-corrected chi connectivity index (χ1v) is 19.4. The molecule has 1 atom stereocenters. The fourth-order valence-electron chi connectivity index (χ4n) is 6.14. The van der Waals surface area contributed by atoms with E-state index in [1.54, 1.807) is 39.1 Å². The van der Waals surface area contributed by atoms with Crippen LogP contribution in [0.15, 0.2) is 108 Å². The van der Waals surface area contributed by atoms with Crippen LogP contribution in [0.5, 0.6) is 5.88 Å². The smallest absolute Gasteiger partial charge is 0.407 e. The minimum Gasteiger partial charge on any atom is -0.473 e. The number of nitrogens with zero attached hydrogens (tertiary/aromatic N) is 5. The average Bonchev–Trinajstić information content (AvgIpc) is 3.52. The minimum absolute atomic E-state index is 0.0240. The predicted octanol–water partition coefficient (Wildman–Crippen LogP) is 8.98. The molecule has 3 aromatic heterocycles. The average molecular weight is 839 g/mol. The number of carbonyl (C=O) groups is 2. The van der Waals surface area contributed by atoms with Crippen LogP contribution in [0.2, 0.25) is 0 Å². The van der Waals surface area contributed by atoms with E-state index in [2.05, 4.69) is 60.7 Å². The second-order valence-corrected chi connectivity index (χ2v) is 15.0. The van der Waals surface area contributed by atoms with Gasteiger partial charge in [-0.1, -0.05) is 91.0 Å². The van der Waals surface area contributed by atoms with Gasteiger partial charge in [0.1, 0.15) is 39.3 Å². The Morgan fingerprint density at radius 3 is 2.16 bits per heavy atom. The lowest BCUT2D eigenvalue weighted by atomic mass is 10.0. The first-order chi connectivity index (χ1) is 27.4. The van der Waals surface area contributed by atoms with Crippen molar-refractivity contribution in [1.82, 2.24) is 24.9 Å². The molecule has 0 fully saturated rings. The maximum Gasteiger partial charge on any atom is 0.407 e. The molecule has 14 heteroatoms. The third-order valence-electron chi connectivity index (χ3n) is 8.55. The van der Waals surface area contributed by atoms with Crippen LogP contribution in [0, 0.1) is 5.82 Å². The summed E-state index contributed by atoms with van der Waals surface area (Å²) in [4.78, 5) is 37.3. The molecule has 0 aliphatic carbocycles. The number of halogens is 2. The summed E-state index contributed by atoms with van der Waals surface area (Å²) in [6, 6.07) is 31.2. The number of nitrogens with one attached hydrogen (secondary N) is 2. The van der Waals surface area contributed by atoms with Crippen LogP contribution in [0.4, 0.5) is 20.8 Å². The van der Waals surface area contributed by atoms with Crippen molar-refractivity contribution < 1.29 is 28.2 Å². The lowest BCUT2D eigenvalue weighted by Crippen LogP contribution is -2.37. The van der Waals surface area contributed by atoms with Crippen molar-refractivity contribution in [2.45, 2.75) is 66.0 Å². The van der Waals surface area contributed by atoms with Crippen LogP contribution in [-0.2, 0) is 29.1 Å². The standard InChI is InChI=1S/C43H45BrFN7O5/c1-6-55-41(53)35-36(44)50-52-38(35)49-37(46-24-32-22-33(45)25-47-39(32)56-28(2)23-48-42(54)57-43(3,4)5)34(31-20-14-9-15-21-31)40(52)51(26-29-16-10-7-11-17-29)27-30-18-12-8-13-19-30/h7-22,25,28H,6,23-24,26-27H2,1-5H3,(H,46,49)(H,48,54). The van der Waals surface area contributed by atoms with Crippen molar-refractivity contribution in [3.05, 3.63) is 136 Å². The molecule has 296 valence electrons. The van der Waals surface area contributed by atoms with E-state index in [1.807, 2.05) is 66.7 Å². The van der Waals surface area contributed by atoms with Gasteiger partial charge < -0.3 is 29.7 Å². The second-order valence-electron chi connectivity index (χ2n) is 14.3. The second kappa shape index (κ2) is 18.3. The van der Waals surface area contributed by atoms with Gasteiger partial charge in [-0.15, -0.1) is 0 Å². The number of carbonyl (C=O) groups excluding carboxylic acids is 2. The Bertz CT molecular complexity index is 2260. The fourth-order valence-corrected chi connectivity index (χ4v) is 6.64. The van der Waals surface area contributed by atoms with Gasteiger partial charge in [-0.3, -0.25) is 0 Å². The first kappa shape index (κ1) is 40.6. The van der Waals surface area contributed by atoms with Gasteiger partial charge in [-0.05, 0) is 73.3 Å². The Labute approximate surface area is 339 Å². The largest absolute Gasteiger partial charge is 0.473 e. The van der Waals surface area contributed by atoms with E-state index in [0.717, 1.165) is 22.9 Å². The van der Waals surface area contributed by atoms with E-state index in [9.17, 15) is 14.0 Å². The number of alkyl carbamates (subject to hydrolysis) is 1. The Kier molecular flexibility index (Phi) is 13.0. The number of ether oxygens (including phenoxy) is 3. The third kappa shape index (κ3) is 10.4. The SMILES string of the molecule is CCOC(=O)c1c(Br)nn2c(N(Cc3ccccc3)Cc3ccccc3)c(-c3ccccc3)c(NCc3cc(F)cnc3OC(C)CNC(=O)OC(C)(C)C)nc12. The number of benzene rings is 3. The maximum absolute atomic E-state index is 14.9. The quantitative estimate of drug-likeness (QED) is 0.0967. The molecule has 2 N–H and O–H groups in total. The zero-order chi connectivity index (χ0) is 40.5. The highest BCUT2D eigenvalue weighted by atomic mass is 79.9. The number of esters is 1. The van der Waals surface area contributed by atoms with Gasteiger partial charge in [-0.25, -0.2) is 23.9 Å². The van der Waals surface area contributed by atoms with E-state index in [0.29, 0.717) is 35.9 Å². The summed E-state index contributed by atoms with van der Waals surface area (Å²) in [7, 11) is 0. The highest BCUT2D eigenvalue weighted by Gasteiger charge is 2.30. The molecule has 0 aliphatic rings. The molecular formula is C43H45BrFN7O5. The topological polar surface area (TPSA) is 132 Å². The summed E-state index contributed by atoms with van der Waals surface area (Å²) in [5.74, 6) is 0.0511. The highest BCUT2D eigenvalue weighted by Crippen LogP contribution is 2.40. The Morgan fingerprint density at radius 2 is 1.56 bits per heavy atom. The number of aromatic nitrogens is 4. The fraction of sp³-hybridized carbons (Fsp3) is 0.279. The van der Waals surface area contributed by atoms with E-state index >= 15 is 0 Å². The maximum atomic E-state index is 14.9. The minimum atomic E-state index is -0.661. The Morgan fingerprint density at radius 1 is 0.947 bits per heavy atom. The molecule has 12 nitrogen and oxygen atoms in total. The predicted molar refractivity (Wildman–Crippen MR) is 221 cm³/mol. The summed E-state index contributed by atoms with van der Waals surface area (Å²) >= 11 is 3.54. The van der Waals surface area contributed by atoms with Gasteiger partial charge in [0.2, 0.25) is 5.88 Å². The summed E-state index contributed by atoms with van der Waals surface area (Å²) in [5.41, 5.74) is 3.73. The van der Waals surface area contributed by atoms with Gasteiger partial charge in [-0.2, -0.15) is 9.61 Å². The lowest BCUT2D eigenvalue weighted by Gasteiger charge is -2.29. The van der Waals surface area contributed by atoms with Gasteiger partial charge in [0.25, 0.3) is 0 Å². The van der Waals surface area contributed by atoms with Crippen molar-refractivity contribution in [3.63, 3.8) is 0 Å². The number of anilines is 2. The number of amides is 1. The van der Waals surface area contributed by atoms with Crippen molar-refractivity contribution >= 4 is 45.3 Å². The molecule has 57 heavy (non-hydrogen) atoms. The van der Waals surface area contributed by atoms with Crippen LogP contribution < -0.4 is 20.3 Å². The molecular weight excluding hydrogens is 793 g/mol. The molecule has 0 radical (unpaired) electrons. The first-order valence-electron chi connectivity index (χ1n) is 18.6. The van der Waals surface area contributed by atoms with Crippen LogP contribution in [0.3, 0.4) is 0 Å². The van der Waals surface area contributed by atoms with Crippen LogP contribution in [0.25, 0.3) is 16.8 Å². The zero-order valence-electron chi connectivity index (χ0n) is 32.5. The van der Waals surface area contributed by atoms with Crippen LogP contribution in [-0.4, -0.2) is 56.5 Å².